The zero-order valence-electron chi connectivity index (χ0n) is 11.5. The van der Waals surface area contributed by atoms with Crippen molar-refractivity contribution in [2.45, 2.75) is 44.6 Å². The minimum Gasteiger partial charge on any atom is -0.381 e. The summed E-state index contributed by atoms with van der Waals surface area (Å²) >= 11 is 0. The molecule has 1 fully saturated rings. The fraction of sp³-hybridized carbons (Fsp3) is 1.00. The van der Waals surface area contributed by atoms with Gasteiger partial charge in [-0.25, -0.2) is 8.42 Å². The predicted molar refractivity (Wildman–Crippen MR) is 72.9 cm³/mol. The van der Waals surface area contributed by atoms with Crippen LogP contribution in [0, 0.1) is 0 Å². The number of sulfonamides is 1. The summed E-state index contributed by atoms with van der Waals surface area (Å²) in [6.45, 7) is 3.06. The normalized spacial score (nSPS) is 20.2. The lowest BCUT2D eigenvalue weighted by atomic mass is 9.82. The van der Waals surface area contributed by atoms with Crippen molar-refractivity contribution < 1.29 is 13.2 Å². The third-order valence-electron chi connectivity index (χ3n) is 3.94. The maximum atomic E-state index is 12.3. The first kappa shape index (κ1) is 15.9. The first-order valence-corrected chi connectivity index (χ1v) is 8.34. The molecular formula is C12H26N2O3S. The standard InChI is InChI=1S/C12H26N2O3S/c1-3-17-9-10-18(15,16)14(2)12(11-13)7-5-4-6-8-12/h3-11,13H2,1-2H3. The number of ether oxygens (including phenoxy) is 1. The van der Waals surface area contributed by atoms with E-state index in [0.29, 0.717) is 13.2 Å². The molecule has 0 bridgehead atoms. The molecule has 18 heavy (non-hydrogen) atoms. The molecule has 0 heterocycles. The van der Waals surface area contributed by atoms with Crippen LogP contribution in [0.4, 0.5) is 0 Å². The Morgan fingerprint density at radius 2 is 1.89 bits per heavy atom. The van der Waals surface area contributed by atoms with Crippen LogP contribution in [0.1, 0.15) is 39.0 Å². The Bertz CT molecular complexity index is 337. The molecule has 0 aromatic carbocycles. The third kappa shape index (κ3) is 3.66. The Labute approximate surface area is 111 Å². The van der Waals surface area contributed by atoms with Gasteiger partial charge in [0.1, 0.15) is 0 Å². The monoisotopic (exact) mass is 278 g/mol. The number of hydrogen-bond acceptors (Lipinski definition) is 4. The van der Waals surface area contributed by atoms with Crippen LogP contribution in [0.5, 0.6) is 0 Å². The largest absolute Gasteiger partial charge is 0.381 e. The van der Waals surface area contributed by atoms with Gasteiger partial charge in [-0.05, 0) is 19.8 Å². The topological polar surface area (TPSA) is 72.6 Å². The molecule has 0 aliphatic heterocycles. The van der Waals surface area contributed by atoms with Gasteiger partial charge in [-0.2, -0.15) is 4.31 Å². The molecule has 1 rings (SSSR count). The average molecular weight is 278 g/mol. The van der Waals surface area contributed by atoms with E-state index in [0.717, 1.165) is 25.7 Å². The zero-order valence-corrected chi connectivity index (χ0v) is 12.3. The van der Waals surface area contributed by atoms with Gasteiger partial charge < -0.3 is 10.5 Å². The van der Waals surface area contributed by atoms with E-state index in [9.17, 15) is 8.42 Å². The Hall–Kier alpha value is -0.170. The highest BCUT2D eigenvalue weighted by Gasteiger charge is 2.40. The molecule has 0 spiro atoms. The van der Waals surface area contributed by atoms with E-state index < -0.39 is 10.0 Å². The molecule has 0 radical (unpaired) electrons. The smallest absolute Gasteiger partial charge is 0.216 e. The quantitative estimate of drug-likeness (QED) is 0.704. The molecule has 0 unspecified atom stereocenters. The summed E-state index contributed by atoms with van der Waals surface area (Å²) in [5.41, 5.74) is 5.48. The second-order valence-corrected chi connectivity index (χ2v) is 7.09. The van der Waals surface area contributed by atoms with Gasteiger partial charge >= 0.3 is 0 Å². The van der Waals surface area contributed by atoms with Gasteiger partial charge in [0.25, 0.3) is 0 Å². The van der Waals surface area contributed by atoms with E-state index in [1.165, 1.54) is 10.7 Å². The van der Waals surface area contributed by atoms with Gasteiger partial charge in [0.05, 0.1) is 12.4 Å². The van der Waals surface area contributed by atoms with E-state index in [1.54, 1.807) is 7.05 Å². The molecule has 2 N–H and O–H groups in total. The summed E-state index contributed by atoms with van der Waals surface area (Å²) in [6.07, 6.45) is 5.03. The van der Waals surface area contributed by atoms with Crippen molar-refractivity contribution in [1.29, 1.82) is 0 Å². The Morgan fingerprint density at radius 1 is 1.28 bits per heavy atom. The predicted octanol–water partition coefficient (Wildman–Crippen LogP) is 0.946. The molecule has 0 atom stereocenters. The highest BCUT2D eigenvalue weighted by Crippen LogP contribution is 2.33. The molecule has 6 heteroatoms. The second kappa shape index (κ2) is 6.84. The molecule has 0 saturated heterocycles. The van der Waals surface area contributed by atoms with Crippen LogP contribution in [-0.4, -0.2) is 50.8 Å². The maximum Gasteiger partial charge on any atom is 0.216 e. The van der Waals surface area contributed by atoms with E-state index in [4.69, 9.17) is 10.5 Å². The molecule has 108 valence electrons. The van der Waals surface area contributed by atoms with E-state index in [-0.39, 0.29) is 17.9 Å². The van der Waals surface area contributed by atoms with E-state index >= 15 is 0 Å². The number of likely N-dealkylation sites (N-methyl/N-ethyl adjacent to an activating group) is 1. The van der Waals surface area contributed by atoms with Gasteiger partial charge in [-0.15, -0.1) is 0 Å². The van der Waals surface area contributed by atoms with Gasteiger partial charge in [0.2, 0.25) is 10.0 Å². The number of nitrogens with zero attached hydrogens (tertiary/aromatic N) is 1. The summed E-state index contributed by atoms with van der Waals surface area (Å²) in [5.74, 6) is 0.0408. The van der Waals surface area contributed by atoms with Crippen molar-refractivity contribution in [2.75, 3.05) is 32.6 Å². The second-order valence-electron chi connectivity index (χ2n) is 4.97. The van der Waals surface area contributed by atoms with Crippen LogP contribution in [0.15, 0.2) is 0 Å². The van der Waals surface area contributed by atoms with Crippen molar-refractivity contribution in [3.05, 3.63) is 0 Å². The molecule has 0 aromatic rings. The van der Waals surface area contributed by atoms with E-state index in [2.05, 4.69) is 0 Å². The molecule has 0 amide bonds. The summed E-state index contributed by atoms with van der Waals surface area (Å²) < 4.78 is 31.2. The summed E-state index contributed by atoms with van der Waals surface area (Å²) in [5, 5.41) is 0. The maximum absolute atomic E-state index is 12.3. The number of nitrogens with two attached hydrogens (primary N) is 1. The van der Waals surface area contributed by atoms with Crippen LogP contribution in [0.25, 0.3) is 0 Å². The first-order valence-electron chi connectivity index (χ1n) is 6.73. The lowest BCUT2D eigenvalue weighted by Gasteiger charge is -2.43. The first-order chi connectivity index (χ1) is 8.48. The SMILES string of the molecule is CCOCCS(=O)(=O)N(C)C1(CN)CCCCC1. The molecule has 1 aliphatic carbocycles. The highest BCUT2D eigenvalue weighted by molar-refractivity contribution is 7.89. The fourth-order valence-corrected chi connectivity index (χ4v) is 4.05. The van der Waals surface area contributed by atoms with Crippen LogP contribution in [0.2, 0.25) is 0 Å². The minimum atomic E-state index is -3.27. The lowest BCUT2D eigenvalue weighted by Crippen LogP contribution is -2.56. The third-order valence-corrected chi connectivity index (χ3v) is 5.84. The minimum absolute atomic E-state index is 0.0408. The Kier molecular flexibility index (Phi) is 6.04. The van der Waals surface area contributed by atoms with Gasteiger partial charge in [0, 0.05) is 25.7 Å². The zero-order chi connectivity index (χ0) is 13.6. The molecule has 0 aromatic heterocycles. The van der Waals surface area contributed by atoms with Crippen LogP contribution in [-0.2, 0) is 14.8 Å². The van der Waals surface area contributed by atoms with Crippen molar-refractivity contribution in [3.8, 4) is 0 Å². The summed E-state index contributed by atoms with van der Waals surface area (Å²) in [4.78, 5) is 0. The van der Waals surface area contributed by atoms with Crippen molar-refractivity contribution >= 4 is 10.0 Å². The summed E-state index contributed by atoms with van der Waals surface area (Å²) in [6, 6.07) is 0. The van der Waals surface area contributed by atoms with Crippen molar-refractivity contribution in [2.24, 2.45) is 5.73 Å². The van der Waals surface area contributed by atoms with Gasteiger partial charge in [-0.1, -0.05) is 19.3 Å². The van der Waals surface area contributed by atoms with Crippen LogP contribution < -0.4 is 5.73 Å². The Morgan fingerprint density at radius 3 is 2.39 bits per heavy atom. The van der Waals surface area contributed by atoms with Gasteiger partial charge in [0.15, 0.2) is 0 Å². The van der Waals surface area contributed by atoms with Crippen molar-refractivity contribution in [3.63, 3.8) is 0 Å². The Balaban J connectivity index is 2.72. The van der Waals surface area contributed by atoms with Crippen LogP contribution in [0.3, 0.4) is 0 Å². The number of hydrogen-bond donors (Lipinski definition) is 1. The summed E-state index contributed by atoms with van der Waals surface area (Å²) in [7, 11) is -1.61. The van der Waals surface area contributed by atoms with E-state index in [1.807, 2.05) is 6.92 Å². The van der Waals surface area contributed by atoms with Crippen LogP contribution >= 0.6 is 0 Å². The molecule has 1 saturated carbocycles. The highest BCUT2D eigenvalue weighted by atomic mass is 32.2. The molecular weight excluding hydrogens is 252 g/mol. The average Bonchev–Trinajstić information content (AvgIpc) is 2.39. The number of rotatable bonds is 7. The van der Waals surface area contributed by atoms with Crippen molar-refractivity contribution in [1.82, 2.24) is 4.31 Å². The molecule has 5 nitrogen and oxygen atoms in total. The van der Waals surface area contributed by atoms with Gasteiger partial charge in [-0.3, -0.25) is 0 Å². The fourth-order valence-electron chi connectivity index (χ4n) is 2.60. The lowest BCUT2D eigenvalue weighted by molar-refractivity contribution is 0.148. The molecule has 1 aliphatic rings.